The molecule has 0 saturated carbocycles. The highest BCUT2D eigenvalue weighted by molar-refractivity contribution is 7.10. The minimum atomic E-state index is 0.417. The van der Waals surface area contributed by atoms with Gasteiger partial charge in [-0.1, -0.05) is 19.8 Å². The summed E-state index contributed by atoms with van der Waals surface area (Å²) in [7, 11) is 1.68. The molecule has 0 amide bonds. The quantitative estimate of drug-likeness (QED) is 0.766. The van der Waals surface area contributed by atoms with E-state index in [1.807, 2.05) is 17.5 Å². The molecule has 1 heterocycles. The summed E-state index contributed by atoms with van der Waals surface area (Å²) in [6.07, 6.45) is 1.77. The van der Waals surface area contributed by atoms with Gasteiger partial charge in [-0.3, -0.25) is 0 Å². The number of ether oxygens (including phenoxy) is 1. The second-order valence-electron chi connectivity index (χ2n) is 4.20. The normalized spacial score (nSPS) is 10.0. The van der Waals surface area contributed by atoms with Crippen LogP contribution in [0.15, 0.2) is 29.8 Å². The zero-order valence-corrected chi connectivity index (χ0v) is 11.5. The average molecular weight is 257 g/mol. The smallest absolute Gasteiger partial charge is 0.167 e. The maximum Gasteiger partial charge on any atom is 0.167 e. The van der Waals surface area contributed by atoms with Gasteiger partial charge in [0.2, 0.25) is 0 Å². The lowest BCUT2D eigenvalue weighted by Gasteiger charge is -2.10. The first kappa shape index (κ1) is 12.7. The van der Waals surface area contributed by atoms with Gasteiger partial charge < -0.3 is 4.74 Å². The lowest BCUT2D eigenvalue weighted by molar-refractivity contribution is 0.414. The van der Waals surface area contributed by atoms with Gasteiger partial charge in [-0.05, 0) is 35.6 Å². The minimum Gasteiger partial charge on any atom is -0.497 e. The molecule has 3 heteroatoms. The predicted octanol–water partition coefficient (Wildman–Crippen LogP) is 3.67. The maximum atomic E-state index is 5.25. The summed E-state index contributed by atoms with van der Waals surface area (Å²) in [6, 6.07) is 6.00. The molecule has 0 aliphatic heterocycles. The summed E-state index contributed by atoms with van der Waals surface area (Å²) in [6.45, 7) is 4.31. The third-order valence-electron chi connectivity index (χ3n) is 2.62. The topological polar surface area (TPSA) is 22.1 Å². The SMILES string of the molecule is COc1ccc(C#Cc2nccs2)c(C(C)C)c1. The van der Waals surface area contributed by atoms with E-state index in [-0.39, 0.29) is 0 Å². The summed E-state index contributed by atoms with van der Waals surface area (Å²) in [4.78, 5) is 4.16. The highest BCUT2D eigenvalue weighted by atomic mass is 32.1. The van der Waals surface area contributed by atoms with Crippen LogP contribution >= 0.6 is 11.3 Å². The third-order valence-corrected chi connectivity index (χ3v) is 3.31. The molecule has 92 valence electrons. The van der Waals surface area contributed by atoms with Gasteiger partial charge in [-0.25, -0.2) is 4.98 Å². The number of methoxy groups -OCH3 is 1. The zero-order valence-electron chi connectivity index (χ0n) is 10.7. The molecule has 0 aliphatic carbocycles. The Kier molecular flexibility index (Phi) is 4.01. The van der Waals surface area contributed by atoms with E-state index in [0.29, 0.717) is 5.92 Å². The van der Waals surface area contributed by atoms with Gasteiger partial charge in [0.1, 0.15) is 5.75 Å². The van der Waals surface area contributed by atoms with Crippen LogP contribution in [0.2, 0.25) is 0 Å². The molecule has 0 saturated heterocycles. The number of aromatic nitrogens is 1. The van der Waals surface area contributed by atoms with Gasteiger partial charge in [0.25, 0.3) is 0 Å². The van der Waals surface area contributed by atoms with E-state index in [2.05, 4.69) is 36.7 Å². The van der Waals surface area contributed by atoms with Gasteiger partial charge in [-0.2, -0.15) is 0 Å². The Morgan fingerprint density at radius 1 is 1.28 bits per heavy atom. The largest absolute Gasteiger partial charge is 0.497 e. The van der Waals surface area contributed by atoms with E-state index in [9.17, 15) is 0 Å². The molecule has 2 nitrogen and oxygen atoms in total. The van der Waals surface area contributed by atoms with Gasteiger partial charge in [0.15, 0.2) is 5.01 Å². The Labute approximate surface area is 112 Å². The van der Waals surface area contributed by atoms with E-state index in [1.54, 1.807) is 24.6 Å². The number of nitrogens with zero attached hydrogens (tertiary/aromatic N) is 1. The predicted molar refractivity (Wildman–Crippen MR) is 75.2 cm³/mol. The van der Waals surface area contributed by atoms with Crippen molar-refractivity contribution in [2.45, 2.75) is 19.8 Å². The number of benzene rings is 1. The molecule has 0 bridgehead atoms. The van der Waals surface area contributed by atoms with Crippen molar-refractivity contribution in [1.82, 2.24) is 4.98 Å². The molecule has 1 aromatic carbocycles. The van der Waals surface area contributed by atoms with Crippen LogP contribution in [0, 0.1) is 11.8 Å². The number of rotatable bonds is 2. The van der Waals surface area contributed by atoms with E-state index in [1.165, 1.54) is 5.56 Å². The molecule has 0 fully saturated rings. The van der Waals surface area contributed by atoms with Crippen molar-refractivity contribution in [3.05, 3.63) is 45.9 Å². The van der Waals surface area contributed by atoms with Crippen LogP contribution in [0.1, 0.15) is 35.9 Å². The van der Waals surface area contributed by atoms with Crippen LogP contribution in [-0.2, 0) is 0 Å². The molecule has 0 spiro atoms. The summed E-state index contributed by atoms with van der Waals surface area (Å²) in [5, 5.41) is 2.78. The summed E-state index contributed by atoms with van der Waals surface area (Å²) in [5.74, 6) is 7.57. The molecular formula is C15H15NOS. The van der Waals surface area contributed by atoms with Crippen molar-refractivity contribution in [2.75, 3.05) is 7.11 Å². The zero-order chi connectivity index (χ0) is 13.0. The van der Waals surface area contributed by atoms with Gasteiger partial charge in [0.05, 0.1) is 7.11 Å². The summed E-state index contributed by atoms with van der Waals surface area (Å²) < 4.78 is 5.25. The molecule has 1 aromatic heterocycles. The maximum absolute atomic E-state index is 5.25. The lowest BCUT2D eigenvalue weighted by atomic mass is 9.97. The van der Waals surface area contributed by atoms with Crippen LogP contribution < -0.4 is 4.74 Å². The Balaban J connectivity index is 2.38. The van der Waals surface area contributed by atoms with Crippen LogP contribution in [-0.4, -0.2) is 12.1 Å². The molecule has 0 aliphatic rings. The molecule has 0 unspecified atom stereocenters. The highest BCUT2D eigenvalue weighted by Gasteiger charge is 2.06. The Morgan fingerprint density at radius 3 is 2.72 bits per heavy atom. The molecule has 2 rings (SSSR count). The molecule has 2 aromatic rings. The van der Waals surface area contributed by atoms with Crippen molar-refractivity contribution in [1.29, 1.82) is 0 Å². The lowest BCUT2D eigenvalue weighted by Crippen LogP contribution is -1.94. The second-order valence-corrected chi connectivity index (χ2v) is 5.09. The molecule has 18 heavy (non-hydrogen) atoms. The average Bonchev–Trinajstić information content (AvgIpc) is 2.89. The Morgan fingerprint density at radius 2 is 2.11 bits per heavy atom. The fourth-order valence-corrected chi connectivity index (χ4v) is 2.15. The fourth-order valence-electron chi connectivity index (χ4n) is 1.67. The third kappa shape index (κ3) is 2.91. The summed E-state index contributed by atoms with van der Waals surface area (Å²) in [5.41, 5.74) is 2.25. The Hall–Kier alpha value is -1.79. The van der Waals surface area contributed by atoms with Crippen molar-refractivity contribution < 1.29 is 4.74 Å². The van der Waals surface area contributed by atoms with E-state index < -0.39 is 0 Å². The van der Waals surface area contributed by atoms with Gasteiger partial charge in [0, 0.05) is 17.1 Å². The van der Waals surface area contributed by atoms with Crippen molar-refractivity contribution >= 4 is 11.3 Å². The van der Waals surface area contributed by atoms with E-state index in [0.717, 1.165) is 16.3 Å². The molecule has 0 atom stereocenters. The molecule has 0 radical (unpaired) electrons. The standard InChI is InChI=1S/C15H15NOS/c1-11(2)14-10-13(17-3)6-4-12(14)5-7-15-16-8-9-18-15/h4,6,8-11H,1-3H3. The Bertz CT molecular complexity index is 576. The number of hydrogen-bond acceptors (Lipinski definition) is 3. The molecular weight excluding hydrogens is 242 g/mol. The van der Waals surface area contributed by atoms with Crippen LogP contribution in [0.5, 0.6) is 5.75 Å². The number of hydrogen-bond donors (Lipinski definition) is 0. The van der Waals surface area contributed by atoms with Crippen LogP contribution in [0.25, 0.3) is 0 Å². The van der Waals surface area contributed by atoms with Crippen molar-refractivity contribution in [3.63, 3.8) is 0 Å². The van der Waals surface area contributed by atoms with E-state index in [4.69, 9.17) is 4.74 Å². The summed E-state index contributed by atoms with van der Waals surface area (Å²) >= 11 is 1.55. The molecule has 0 N–H and O–H groups in total. The van der Waals surface area contributed by atoms with Gasteiger partial charge >= 0.3 is 0 Å². The van der Waals surface area contributed by atoms with Crippen molar-refractivity contribution in [2.24, 2.45) is 0 Å². The number of thiazole rings is 1. The first-order valence-corrected chi connectivity index (χ1v) is 6.68. The monoisotopic (exact) mass is 257 g/mol. The minimum absolute atomic E-state index is 0.417. The second kappa shape index (κ2) is 5.70. The first-order chi connectivity index (χ1) is 8.70. The van der Waals surface area contributed by atoms with Crippen LogP contribution in [0.3, 0.4) is 0 Å². The first-order valence-electron chi connectivity index (χ1n) is 5.80. The van der Waals surface area contributed by atoms with Crippen LogP contribution in [0.4, 0.5) is 0 Å². The van der Waals surface area contributed by atoms with Gasteiger partial charge in [-0.15, -0.1) is 11.3 Å². The van der Waals surface area contributed by atoms with E-state index >= 15 is 0 Å². The fraction of sp³-hybridized carbons (Fsp3) is 0.267. The van der Waals surface area contributed by atoms with Crippen molar-refractivity contribution in [3.8, 4) is 17.6 Å². The highest BCUT2D eigenvalue weighted by Crippen LogP contribution is 2.24.